The van der Waals surface area contributed by atoms with Crippen LogP contribution in [-0.4, -0.2) is 69.1 Å². The van der Waals surface area contributed by atoms with Gasteiger partial charge in [-0.1, -0.05) is 25.0 Å². The minimum absolute atomic E-state index is 0.00325. The lowest BCUT2D eigenvalue weighted by molar-refractivity contribution is -0.132. The summed E-state index contributed by atoms with van der Waals surface area (Å²) in [6.07, 6.45) is 5.19. The van der Waals surface area contributed by atoms with Gasteiger partial charge in [-0.2, -0.15) is 0 Å². The molecule has 1 aliphatic carbocycles. The van der Waals surface area contributed by atoms with Crippen LogP contribution in [0.25, 0.3) is 0 Å². The predicted octanol–water partition coefficient (Wildman–Crippen LogP) is 1.99. The van der Waals surface area contributed by atoms with Crippen LogP contribution < -0.4 is 15.4 Å². The van der Waals surface area contributed by atoms with Crippen LogP contribution >= 0.6 is 0 Å². The summed E-state index contributed by atoms with van der Waals surface area (Å²) in [6, 6.07) is 6.60. The second kappa shape index (κ2) is 11.9. The van der Waals surface area contributed by atoms with Crippen molar-refractivity contribution in [1.29, 1.82) is 0 Å². The topological polar surface area (TPSA) is 97.0 Å². The first-order valence-electron chi connectivity index (χ1n) is 11.5. The number of hydrogen-bond donors (Lipinski definition) is 2. The highest BCUT2D eigenvalue weighted by molar-refractivity contribution is 5.97. The molecule has 3 amide bonds. The van der Waals surface area contributed by atoms with Crippen LogP contribution in [0.15, 0.2) is 24.3 Å². The van der Waals surface area contributed by atoms with Crippen molar-refractivity contribution in [3.8, 4) is 5.75 Å². The smallest absolute Gasteiger partial charge is 0.257 e. The molecule has 1 atom stereocenters. The van der Waals surface area contributed by atoms with Crippen molar-refractivity contribution in [1.82, 2.24) is 15.5 Å². The average Bonchev–Trinajstić information content (AvgIpc) is 3.37. The number of amides is 3. The number of nitrogens with zero attached hydrogens (tertiary/aromatic N) is 1. The number of benzene rings is 1. The van der Waals surface area contributed by atoms with E-state index in [9.17, 15) is 14.4 Å². The van der Waals surface area contributed by atoms with Crippen LogP contribution in [0.3, 0.4) is 0 Å². The lowest BCUT2D eigenvalue weighted by Gasteiger charge is -2.36. The van der Waals surface area contributed by atoms with E-state index in [4.69, 9.17) is 9.47 Å². The molecule has 1 saturated heterocycles. The fraction of sp³-hybridized carbons (Fsp3) is 0.625. The molecule has 8 nitrogen and oxygen atoms in total. The molecule has 0 spiro atoms. The maximum atomic E-state index is 13.0. The zero-order chi connectivity index (χ0) is 22.9. The second-order valence-corrected chi connectivity index (χ2v) is 8.58. The van der Waals surface area contributed by atoms with E-state index in [1.807, 2.05) is 12.1 Å². The van der Waals surface area contributed by atoms with Crippen molar-refractivity contribution >= 4 is 17.7 Å². The molecule has 0 aromatic heterocycles. The Labute approximate surface area is 190 Å². The van der Waals surface area contributed by atoms with Crippen LogP contribution in [0.1, 0.15) is 48.9 Å². The van der Waals surface area contributed by atoms with E-state index in [2.05, 4.69) is 10.6 Å². The standard InChI is InChI=1S/C24H35N3O5/c1-31-16-13-25-23(29)21(26-22(28)18-7-3-4-8-18)17-11-14-27(15-12-17)24(30)19-9-5-6-10-20(19)32-2/h5-6,9-10,17-18,21H,3-4,7-8,11-16H2,1-2H3,(H,25,29)(H,26,28). The summed E-state index contributed by atoms with van der Waals surface area (Å²) in [7, 11) is 3.14. The lowest BCUT2D eigenvalue weighted by Crippen LogP contribution is -2.55. The Balaban J connectivity index is 1.63. The summed E-state index contributed by atoms with van der Waals surface area (Å²) in [5.74, 6) is 0.252. The van der Waals surface area contributed by atoms with Gasteiger partial charge in [-0.05, 0) is 43.7 Å². The van der Waals surface area contributed by atoms with Crippen LogP contribution in [0.2, 0.25) is 0 Å². The first-order valence-corrected chi connectivity index (χ1v) is 11.5. The number of carbonyl (C=O) groups excluding carboxylic acids is 3. The highest BCUT2D eigenvalue weighted by Gasteiger charge is 2.36. The first-order chi connectivity index (χ1) is 15.5. The van der Waals surface area contributed by atoms with Crippen LogP contribution in [0, 0.1) is 11.8 Å². The highest BCUT2D eigenvalue weighted by atomic mass is 16.5. The third kappa shape index (κ3) is 6.00. The number of likely N-dealkylation sites (tertiary alicyclic amines) is 1. The summed E-state index contributed by atoms with van der Waals surface area (Å²) in [5, 5.41) is 5.91. The molecular formula is C24H35N3O5. The van der Waals surface area contributed by atoms with Crippen LogP contribution in [-0.2, 0) is 14.3 Å². The Kier molecular flexibility index (Phi) is 8.90. The molecule has 1 unspecified atom stereocenters. The number of para-hydroxylation sites is 1. The average molecular weight is 446 g/mol. The Morgan fingerprint density at radius 2 is 1.75 bits per heavy atom. The number of hydrogen-bond acceptors (Lipinski definition) is 5. The molecule has 0 bridgehead atoms. The maximum absolute atomic E-state index is 13.0. The first kappa shape index (κ1) is 24.0. The van der Waals surface area contributed by atoms with E-state index in [0.29, 0.717) is 50.4 Å². The molecule has 2 aliphatic rings. The van der Waals surface area contributed by atoms with Gasteiger partial charge < -0.3 is 25.0 Å². The molecule has 2 N–H and O–H groups in total. The highest BCUT2D eigenvalue weighted by Crippen LogP contribution is 2.28. The number of carbonyl (C=O) groups is 3. The Hall–Kier alpha value is -2.61. The fourth-order valence-corrected chi connectivity index (χ4v) is 4.67. The van der Waals surface area contributed by atoms with Crippen molar-refractivity contribution in [3.63, 3.8) is 0 Å². The Morgan fingerprint density at radius 3 is 2.41 bits per heavy atom. The number of rotatable bonds is 9. The van der Waals surface area contributed by atoms with Gasteiger partial charge in [0.15, 0.2) is 0 Å². The third-order valence-corrected chi connectivity index (χ3v) is 6.55. The summed E-state index contributed by atoms with van der Waals surface area (Å²) >= 11 is 0. The minimum Gasteiger partial charge on any atom is -0.496 e. The predicted molar refractivity (Wildman–Crippen MR) is 120 cm³/mol. The van der Waals surface area contributed by atoms with Gasteiger partial charge in [-0.3, -0.25) is 14.4 Å². The van der Waals surface area contributed by atoms with E-state index in [1.165, 1.54) is 0 Å². The monoisotopic (exact) mass is 445 g/mol. The van der Waals surface area contributed by atoms with Crippen molar-refractivity contribution < 1.29 is 23.9 Å². The van der Waals surface area contributed by atoms with E-state index in [0.717, 1.165) is 25.7 Å². The second-order valence-electron chi connectivity index (χ2n) is 8.58. The Bertz CT molecular complexity index is 786. The SMILES string of the molecule is COCCNC(=O)C(NC(=O)C1CCCC1)C1CCN(C(=O)c2ccccc2OC)CC1. The molecule has 0 radical (unpaired) electrons. The molecule has 32 heavy (non-hydrogen) atoms. The van der Waals surface area contributed by atoms with E-state index in [-0.39, 0.29) is 29.6 Å². The van der Waals surface area contributed by atoms with Crippen molar-refractivity contribution in [2.45, 2.75) is 44.6 Å². The molecule has 1 saturated carbocycles. The van der Waals surface area contributed by atoms with Gasteiger partial charge in [0.05, 0.1) is 19.3 Å². The van der Waals surface area contributed by atoms with Gasteiger partial charge in [0, 0.05) is 32.7 Å². The number of methoxy groups -OCH3 is 2. The molecule has 8 heteroatoms. The summed E-state index contributed by atoms with van der Waals surface area (Å²) in [5.41, 5.74) is 0.539. The van der Waals surface area contributed by atoms with Crippen molar-refractivity contribution in [3.05, 3.63) is 29.8 Å². The minimum atomic E-state index is -0.594. The number of piperidine rings is 1. The zero-order valence-corrected chi connectivity index (χ0v) is 19.1. The van der Waals surface area contributed by atoms with Gasteiger partial charge >= 0.3 is 0 Å². The third-order valence-electron chi connectivity index (χ3n) is 6.55. The molecule has 1 aliphatic heterocycles. The normalized spacial score (nSPS) is 18.2. The fourth-order valence-electron chi connectivity index (χ4n) is 4.67. The largest absolute Gasteiger partial charge is 0.496 e. The van der Waals surface area contributed by atoms with Gasteiger partial charge in [0.25, 0.3) is 5.91 Å². The summed E-state index contributed by atoms with van der Waals surface area (Å²) in [6.45, 7) is 1.88. The summed E-state index contributed by atoms with van der Waals surface area (Å²) < 4.78 is 10.4. The van der Waals surface area contributed by atoms with Crippen molar-refractivity contribution in [2.75, 3.05) is 40.5 Å². The van der Waals surface area contributed by atoms with Crippen LogP contribution in [0.4, 0.5) is 0 Å². The summed E-state index contributed by atoms with van der Waals surface area (Å²) in [4.78, 5) is 40.5. The van der Waals surface area contributed by atoms with E-state index < -0.39 is 6.04 Å². The molecule has 1 aromatic carbocycles. The van der Waals surface area contributed by atoms with Gasteiger partial charge in [0.2, 0.25) is 11.8 Å². The lowest BCUT2D eigenvalue weighted by atomic mass is 9.88. The van der Waals surface area contributed by atoms with E-state index >= 15 is 0 Å². The molecule has 3 rings (SSSR count). The zero-order valence-electron chi connectivity index (χ0n) is 19.1. The number of ether oxygens (including phenoxy) is 2. The number of nitrogens with one attached hydrogen (secondary N) is 2. The molecule has 1 aromatic rings. The molecule has 176 valence electrons. The molecule has 2 fully saturated rings. The van der Waals surface area contributed by atoms with Gasteiger partial charge in [0.1, 0.15) is 11.8 Å². The van der Waals surface area contributed by atoms with Crippen LogP contribution in [0.5, 0.6) is 5.75 Å². The molecular weight excluding hydrogens is 410 g/mol. The maximum Gasteiger partial charge on any atom is 0.257 e. The van der Waals surface area contributed by atoms with Gasteiger partial charge in [-0.15, -0.1) is 0 Å². The Morgan fingerprint density at radius 1 is 1.06 bits per heavy atom. The van der Waals surface area contributed by atoms with Crippen molar-refractivity contribution in [2.24, 2.45) is 11.8 Å². The quantitative estimate of drug-likeness (QED) is 0.567. The molecule has 1 heterocycles. The van der Waals surface area contributed by atoms with Gasteiger partial charge in [-0.25, -0.2) is 0 Å². The van der Waals surface area contributed by atoms with E-state index in [1.54, 1.807) is 31.3 Å².